The number of carbonyl (C=O) groups is 2. The second-order valence-corrected chi connectivity index (χ2v) is 4.86. The number of benzene rings is 1. The van der Waals surface area contributed by atoms with E-state index < -0.39 is 6.03 Å². The number of nitrogens with one attached hydrogen (secondary N) is 2. The summed E-state index contributed by atoms with van der Waals surface area (Å²) in [6.45, 7) is 1.52. The highest BCUT2D eigenvalue weighted by molar-refractivity contribution is 5.94. The van der Waals surface area contributed by atoms with Crippen molar-refractivity contribution >= 4 is 23.3 Å². The maximum Gasteiger partial charge on any atom is 0.321 e. The third-order valence-electron chi connectivity index (χ3n) is 3.41. The van der Waals surface area contributed by atoms with Crippen molar-refractivity contribution in [3.63, 3.8) is 0 Å². The molecule has 1 aliphatic heterocycles. The van der Waals surface area contributed by atoms with Gasteiger partial charge in [0, 0.05) is 37.9 Å². The van der Waals surface area contributed by atoms with Crippen LogP contribution in [0.15, 0.2) is 18.2 Å². The van der Waals surface area contributed by atoms with Crippen LogP contribution in [-0.4, -0.2) is 32.1 Å². The van der Waals surface area contributed by atoms with Gasteiger partial charge in [-0.05, 0) is 36.6 Å². The van der Waals surface area contributed by atoms with Gasteiger partial charge in [0.15, 0.2) is 0 Å². The normalized spacial score (nSPS) is 13.6. The van der Waals surface area contributed by atoms with Crippen LogP contribution in [0.25, 0.3) is 0 Å². The van der Waals surface area contributed by atoms with Crippen molar-refractivity contribution in [3.8, 4) is 0 Å². The van der Waals surface area contributed by atoms with E-state index in [-0.39, 0.29) is 12.3 Å². The molecule has 4 N–H and O–H groups in total. The Bertz CT molecular complexity index is 516. The Kier molecular flexibility index (Phi) is 4.45. The number of hydrogen-bond donors (Lipinski definition) is 3. The average Bonchev–Trinajstić information content (AvgIpc) is 2.44. The van der Waals surface area contributed by atoms with Crippen LogP contribution in [-0.2, 0) is 11.2 Å². The van der Waals surface area contributed by atoms with Gasteiger partial charge in [0.05, 0.1) is 0 Å². The SMILES string of the molecule is CNC(=O)NC(=O)CCN1CCCc2cc(N)ccc21. The minimum atomic E-state index is -0.471. The van der Waals surface area contributed by atoms with Gasteiger partial charge in [-0.2, -0.15) is 0 Å². The number of nitrogen functional groups attached to an aromatic ring is 1. The number of aryl methyl sites for hydroxylation is 1. The van der Waals surface area contributed by atoms with Crippen LogP contribution in [0.5, 0.6) is 0 Å². The Balaban J connectivity index is 1.95. The lowest BCUT2D eigenvalue weighted by Crippen LogP contribution is -2.39. The zero-order chi connectivity index (χ0) is 14.5. The number of hydrogen-bond acceptors (Lipinski definition) is 4. The fraction of sp³-hybridized carbons (Fsp3) is 0.429. The molecule has 0 saturated heterocycles. The van der Waals surface area contributed by atoms with Crippen molar-refractivity contribution in [3.05, 3.63) is 23.8 Å². The molecular formula is C14H20N4O2. The van der Waals surface area contributed by atoms with E-state index in [0.29, 0.717) is 6.54 Å². The lowest BCUT2D eigenvalue weighted by atomic mass is 10.0. The molecular weight excluding hydrogens is 256 g/mol. The van der Waals surface area contributed by atoms with E-state index in [1.54, 1.807) is 0 Å². The number of amides is 3. The van der Waals surface area contributed by atoms with Crippen LogP contribution >= 0.6 is 0 Å². The highest BCUT2D eigenvalue weighted by Gasteiger charge is 2.17. The largest absolute Gasteiger partial charge is 0.399 e. The summed E-state index contributed by atoms with van der Waals surface area (Å²) in [5.74, 6) is -0.271. The van der Waals surface area contributed by atoms with Gasteiger partial charge in [0.1, 0.15) is 0 Å². The Hall–Kier alpha value is -2.24. The summed E-state index contributed by atoms with van der Waals surface area (Å²) >= 11 is 0. The van der Waals surface area contributed by atoms with Gasteiger partial charge < -0.3 is 16.0 Å². The molecule has 0 bridgehead atoms. The van der Waals surface area contributed by atoms with Crippen molar-refractivity contribution < 1.29 is 9.59 Å². The molecule has 1 aromatic carbocycles. The minimum Gasteiger partial charge on any atom is -0.399 e. The predicted molar refractivity (Wildman–Crippen MR) is 78.6 cm³/mol. The van der Waals surface area contributed by atoms with Gasteiger partial charge in [-0.3, -0.25) is 10.1 Å². The first kappa shape index (κ1) is 14.2. The molecule has 0 radical (unpaired) electrons. The lowest BCUT2D eigenvalue weighted by Gasteiger charge is -2.31. The summed E-state index contributed by atoms with van der Waals surface area (Å²) < 4.78 is 0. The first-order chi connectivity index (χ1) is 9.60. The van der Waals surface area contributed by atoms with Crippen molar-refractivity contribution in [2.75, 3.05) is 30.8 Å². The van der Waals surface area contributed by atoms with E-state index in [9.17, 15) is 9.59 Å². The second-order valence-electron chi connectivity index (χ2n) is 4.86. The first-order valence-corrected chi connectivity index (χ1v) is 6.75. The smallest absolute Gasteiger partial charge is 0.321 e. The number of fused-ring (bicyclic) bond motifs is 1. The van der Waals surface area contributed by atoms with E-state index in [1.165, 1.54) is 12.6 Å². The molecule has 0 fully saturated rings. The molecule has 6 nitrogen and oxygen atoms in total. The maximum absolute atomic E-state index is 11.6. The van der Waals surface area contributed by atoms with Gasteiger partial charge in [0.25, 0.3) is 0 Å². The van der Waals surface area contributed by atoms with Crippen LogP contribution in [0.1, 0.15) is 18.4 Å². The van der Waals surface area contributed by atoms with E-state index in [0.717, 1.165) is 30.8 Å². The molecule has 0 spiro atoms. The number of carbonyl (C=O) groups excluding carboxylic acids is 2. The number of anilines is 2. The molecule has 3 amide bonds. The molecule has 20 heavy (non-hydrogen) atoms. The predicted octanol–water partition coefficient (Wildman–Crippen LogP) is 0.867. The summed E-state index contributed by atoms with van der Waals surface area (Å²) in [5.41, 5.74) is 8.92. The Labute approximate surface area is 118 Å². The molecule has 6 heteroatoms. The molecule has 0 unspecified atom stereocenters. The third-order valence-corrected chi connectivity index (χ3v) is 3.41. The topological polar surface area (TPSA) is 87.5 Å². The van der Waals surface area contributed by atoms with E-state index in [2.05, 4.69) is 15.5 Å². The number of urea groups is 1. The molecule has 0 atom stereocenters. The summed E-state index contributed by atoms with van der Waals surface area (Å²) in [7, 11) is 1.48. The zero-order valence-corrected chi connectivity index (χ0v) is 11.6. The molecule has 1 heterocycles. The summed E-state index contributed by atoms with van der Waals surface area (Å²) in [6, 6.07) is 5.40. The van der Waals surface area contributed by atoms with Gasteiger partial charge >= 0.3 is 6.03 Å². The van der Waals surface area contributed by atoms with E-state index >= 15 is 0 Å². The van der Waals surface area contributed by atoms with Gasteiger partial charge in [-0.15, -0.1) is 0 Å². The molecule has 1 aromatic rings. The van der Waals surface area contributed by atoms with Gasteiger partial charge in [-0.25, -0.2) is 4.79 Å². The Morgan fingerprint density at radius 2 is 2.20 bits per heavy atom. The Morgan fingerprint density at radius 1 is 1.40 bits per heavy atom. The highest BCUT2D eigenvalue weighted by atomic mass is 16.2. The molecule has 0 aromatic heterocycles. The van der Waals surface area contributed by atoms with Crippen LogP contribution < -0.4 is 21.3 Å². The summed E-state index contributed by atoms with van der Waals surface area (Å²) in [5, 5.41) is 4.62. The van der Waals surface area contributed by atoms with Gasteiger partial charge in [-0.1, -0.05) is 0 Å². The molecule has 0 saturated carbocycles. The zero-order valence-electron chi connectivity index (χ0n) is 11.6. The maximum atomic E-state index is 11.6. The highest BCUT2D eigenvalue weighted by Crippen LogP contribution is 2.28. The van der Waals surface area contributed by atoms with Crippen molar-refractivity contribution in [1.82, 2.24) is 10.6 Å². The summed E-state index contributed by atoms with van der Waals surface area (Å²) in [6.07, 6.45) is 2.35. The van der Waals surface area contributed by atoms with Crippen molar-refractivity contribution in [2.45, 2.75) is 19.3 Å². The quantitative estimate of drug-likeness (QED) is 0.715. The van der Waals surface area contributed by atoms with Crippen LogP contribution in [0.3, 0.4) is 0 Å². The number of nitrogens with zero attached hydrogens (tertiary/aromatic N) is 1. The lowest BCUT2D eigenvalue weighted by molar-refractivity contribution is -0.119. The number of nitrogens with two attached hydrogens (primary N) is 1. The molecule has 0 aliphatic carbocycles. The average molecular weight is 276 g/mol. The second kappa shape index (κ2) is 6.27. The van der Waals surface area contributed by atoms with Crippen LogP contribution in [0, 0.1) is 0 Å². The van der Waals surface area contributed by atoms with Crippen molar-refractivity contribution in [2.24, 2.45) is 0 Å². The number of rotatable bonds is 3. The third kappa shape index (κ3) is 3.40. The minimum absolute atomic E-state index is 0.271. The van der Waals surface area contributed by atoms with E-state index in [1.807, 2.05) is 18.2 Å². The monoisotopic (exact) mass is 276 g/mol. The van der Waals surface area contributed by atoms with Gasteiger partial charge in [0.2, 0.25) is 5.91 Å². The Morgan fingerprint density at radius 3 is 2.95 bits per heavy atom. The standard InChI is InChI=1S/C14H20N4O2/c1-16-14(20)17-13(19)6-8-18-7-2-3-10-9-11(15)4-5-12(10)18/h4-5,9H,2-3,6-8,15H2,1H3,(H2,16,17,19,20). The fourth-order valence-corrected chi connectivity index (χ4v) is 2.42. The van der Waals surface area contributed by atoms with Crippen molar-refractivity contribution in [1.29, 1.82) is 0 Å². The van der Waals surface area contributed by atoms with Crippen LogP contribution in [0.4, 0.5) is 16.2 Å². The number of imide groups is 1. The molecule has 2 rings (SSSR count). The fourth-order valence-electron chi connectivity index (χ4n) is 2.42. The first-order valence-electron chi connectivity index (χ1n) is 6.75. The van der Waals surface area contributed by atoms with E-state index in [4.69, 9.17) is 5.73 Å². The molecule has 108 valence electrons. The summed E-state index contributed by atoms with van der Waals surface area (Å²) in [4.78, 5) is 24.8. The molecule has 1 aliphatic rings. The van der Waals surface area contributed by atoms with Crippen LogP contribution in [0.2, 0.25) is 0 Å².